The zero-order valence-electron chi connectivity index (χ0n) is 12.6. The lowest BCUT2D eigenvalue weighted by molar-refractivity contribution is -0.0137. The number of nitrogens with one attached hydrogen (secondary N) is 1. The van der Waals surface area contributed by atoms with Gasteiger partial charge in [-0.3, -0.25) is 0 Å². The molecule has 0 amide bonds. The lowest BCUT2D eigenvalue weighted by Gasteiger charge is -2.16. The Kier molecular flexibility index (Phi) is 6.79. The molecule has 1 aromatic carbocycles. The molecule has 1 fully saturated rings. The van der Waals surface area contributed by atoms with Gasteiger partial charge >= 0.3 is 0 Å². The second kappa shape index (κ2) is 8.87. The highest BCUT2D eigenvalue weighted by Crippen LogP contribution is 2.23. The molecule has 1 heterocycles. The maximum Gasteiger partial charge on any atom is 0.142 e. The van der Waals surface area contributed by atoms with E-state index in [0.717, 1.165) is 30.9 Å². The van der Waals surface area contributed by atoms with Crippen molar-refractivity contribution in [2.45, 2.75) is 32.0 Å². The van der Waals surface area contributed by atoms with Crippen molar-refractivity contribution in [3.63, 3.8) is 0 Å². The third kappa shape index (κ3) is 5.53. The van der Waals surface area contributed by atoms with Crippen LogP contribution < -0.4 is 10.1 Å². The molecule has 0 radical (unpaired) electrons. The van der Waals surface area contributed by atoms with Crippen molar-refractivity contribution in [2.24, 2.45) is 0 Å². The summed E-state index contributed by atoms with van der Waals surface area (Å²) in [5.74, 6) is 0.799. The van der Waals surface area contributed by atoms with E-state index in [4.69, 9.17) is 14.2 Å². The van der Waals surface area contributed by atoms with E-state index in [1.54, 1.807) is 0 Å². The Morgan fingerprint density at radius 1 is 1.43 bits per heavy atom. The molecule has 118 valence electrons. The standard InChI is InChI=1S/C16H25NO4/c1-2-20-16-8-4-3-7-15(16)17-10-13(18)11-19-12-14-6-5-9-21-14/h3-4,7-8,13-14,17-18H,2,5-6,9-12H2,1H3. The Hall–Kier alpha value is -1.30. The number of anilines is 1. The molecule has 2 unspecified atom stereocenters. The largest absolute Gasteiger partial charge is 0.492 e. The number of hydrogen-bond acceptors (Lipinski definition) is 5. The number of rotatable bonds is 9. The van der Waals surface area contributed by atoms with Crippen LogP contribution in [0.3, 0.4) is 0 Å². The monoisotopic (exact) mass is 295 g/mol. The molecule has 2 atom stereocenters. The average molecular weight is 295 g/mol. The summed E-state index contributed by atoms with van der Waals surface area (Å²) in [6.45, 7) is 4.69. The topological polar surface area (TPSA) is 60.0 Å². The lowest BCUT2D eigenvalue weighted by Crippen LogP contribution is -2.27. The Labute approximate surface area is 126 Å². The van der Waals surface area contributed by atoms with Crippen LogP contribution >= 0.6 is 0 Å². The van der Waals surface area contributed by atoms with Crippen molar-refractivity contribution >= 4 is 5.69 Å². The lowest BCUT2D eigenvalue weighted by atomic mass is 10.2. The van der Waals surface area contributed by atoms with Crippen molar-refractivity contribution in [3.8, 4) is 5.75 Å². The number of ether oxygens (including phenoxy) is 3. The molecule has 5 nitrogen and oxygen atoms in total. The molecular formula is C16H25NO4. The van der Waals surface area contributed by atoms with Gasteiger partial charge in [0.1, 0.15) is 5.75 Å². The zero-order valence-corrected chi connectivity index (χ0v) is 12.6. The van der Waals surface area contributed by atoms with Crippen LogP contribution in [0, 0.1) is 0 Å². The molecule has 2 N–H and O–H groups in total. The molecule has 0 spiro atoms. The van der Waals surface area contributed by atoms with E-state index in [-0.39, 0.29) is 6.10 Å². The second-order valence-electron chi connectivity index (χ2n) is 5.14. The van der Waals surface area contributed by atoms with E-state index in [1.807, 2.05) is 31.2 Å². The first-order valence-electron chi connectivity index (χ1n) is 7.62. The third-order valence-corrected chi connectivity index (χ3v) is 3.35. The summed E-state index contributed by atoms with van der Waals surface area (Å²) in [7, 11) is 0. The van der Waals surface area contributed by atoms with Gasteiger partial charge < -0.3 is 24.6 Å². The summed E-state index contributed by atoms with van der Waals surface area (Å²) >= 11 is 0. The first kappa shape index (κ1) is 16.1. The van der Waals surface area contributed by atoms with Crippen LogP contribution in [0.2, 0.25) is 0 Å². The average Bonchev–Trinajstić information content (AvgIpc) is 3.00. The number of aliphatic hydroxyl groups excluding tert-OH is 1. The SMILES string of the molecule is CCOc1ccccc1NCC(O)COCC1CCCO1. The van der Waals surface area contributed by atoms with Gasteiger partial charge in [-0.15, -0.1) is 0 Å². The summed E-state index contributed by atoms with van der Waals surface area (Å²) in [6.07, 6.45) is 1.80. The van der Waals surface area contributed by atoms with Crippen molar-refractivity contribution in [2.75, 3.05) is 38.3 Å². The Morgan fingerprint density at radius 2 is 2.29 bits per heavy atom. The maximum atomic E-state index is 9.94. The van der Waals surface area contributed by atoms with Crippen LogP contribution in [0.15, 0.2) is 24.3 Å². The molecule has 0 saturated carbocycles. The smallest absolute Gasteiger partial charge is 0.142 e. The van der Waals surface area contributed by atoms with Gasteiger partial charge in [-0.1, -0.05) is 12.1 Å². The van der Waals surface area contributed by atoms with Crippen molar-refractivity contribution in [1.82, 2.24) is 0 Å². The normalized spacial score (nSPS) is 19.4. The number of aliphatic hydroxyl groups is 1. The van der Waals surface area contributed by atoms with E-state index >= 15 is 0 Å². The molecule has 5 heteroatoms. The Balaban J connectivity index is 1.67. The van der Waals surface area contributed by atoms with Gasteiger partial charge in [-0.2, -0.15) is 0 Å². The highest BCUT2D eigenvalue weighted by atomic mass is 16.5. The molecule has 21 heavy (non-hydrogen) atoms. The van der Waals surface area contributed by atoms with Crippen LogP contribution in [0.4, 0.5) is 5.69 Å². The molecule has 1 saturated heterocycles. The van der Waals surface area contributed by atoms with Crippen molar-refractivity contribution in [3.05, 3.63) is 24.3 Å². The van der Waals surface area contributed by atoms with E-state index in [2.05, 4.69) is 5.32 Å². The van der Waals surface area contributed by atoms with Gasteiger partial charge in [-0.05, 0) is 31.9 Å². The van der Waals surface area contributed by atoms with Crippen LogP contribution in [0.1, 0.15) is 19.8 Å². The highest BCUT2D eigenvalue weighted by molar-refractivity contribution is 5.56. The van der Waals surface area contributed by atoms with Crippen LogP contribution in [0.25, 0.3) is 0 Å². The molecule has 2 rings (SSSR count). The van der Waals surface area contributed by atoms with Gasteiger partial charge in [0.15, 0.2) is 0 Å². The molecule has 0 aromatic heterocycles. The highest BCUT2D eigenvalue weighted by Gasteiger charge is 2.16. The van der Waals surface area contributed by atoms with Crippen molar-refractivity contribution < 1.29 is 19.3 Å². The zero-order chi connectivity index (χ0) is 14.9. The number of hydrogen-bond donors (Lipinski definition) is 2. The van der Waals surface area contributed by atoms with E-state index in [0.29, 0.717) is 26.4 Å². The maximum absolute atomic E-state index is 9.94. The quantitative estimate of drug-likeness (QED) is 0.730. The minimum atomic E-state index is -0.555. The van der Waals surface area contributed by atoms with Crippen LogP contribution in [0.5, 0.6) is 5.75 Å². The van der Waals surface area contributed by atoms with Crippen molar-refractivity contribution in [1.29, 1.82) is 0 Å². The molecular weight excluding hydrogens is 270 g/mol. The molecule has 1 aliphatic heterocycles. The molecule has 0 bridgehead atoms. The Bertz CT molecular complexity index is 407. The fourth-order valence-corrected chi connectivity index (χ4v) is 2.29. The summed E-state index contributed by atoms with van der Waals surface area (Å²) in [6, 6.07) is 7.71. The van der Waals surface area contributed by atoms with E-state index < -0.39 is 6.10 Å². The summed E-state index contributed by atoms with van der Waals surface area (Å²) < 4.78 is 16.5. The first-order valence-corrected chi connectivity index (χ1v) is 7.62. The molecule has 1 aliphatic rings. The first-order chi connectivity index (χ1) is 10.3. The number of benzene rings is 1. The summed E-state index contributed by atoms with van der Waals surface area (Å²) in [5, 5.41) is 13.1. The summed E-state index contributed by atoms with van der Waals surface area (Å²) in [5.41, 5.74) is 0.887. The van der Waals surface area contributed by atoms with Gasteiger partial charge in [0.2, 0.25) is 0 Å². The molecule has 0 aliphatic carbocycles. The molecule has 1 aromatic rings. The second-order valence-corrected chi connectivity index (χ2v) is 5.14. The fourth-order valence-electron chi connectivity index (χ4n) is 2.29. The van der Waals surface area contributed by atoms with E-state index in [1.165, 1.54) is 0 Å². The van der Waals surface area contributed by atoms with Gasteiger partial charge in [0.25, 0.3) is 0 Å². The predicted octanol–water partition coefficient (Wildman–Crippen LogP) is 2.05. The predicted molar refractivity (Wildman–Crippen MR) is 81.9 cm³/mol. The fraction of sp³-hybridized carbons (Fsp3) is 0.625. The minimum Gasteiger partial charge on any atom is -0.492 e. The van der Waals surface area contributed by atoms with Gasteiger partial charge in [0.05, 0.1) is 37.7 Å². The van der Waals surface area contributed by atoms with E-state index in [9.17, 15) is 5.11 Å². The number of para-hydroxylation sites is 2. The van der Waals surface area contributed by atoms with Gasteiger partial charge in [-0.25, -0.2) is 0 Å². The Morgan fingerprint density at radius 3 is 3.05 bits per heavy atom. The van der Waals surface area contributed by atoms with Gasteiger partial charge in [0, 0.05) is 13.2 Å². The van der Waals surface area contributed by atoms with Crippen LogP contribution in [-0.2, 0) is 9.47 Å². The minimum absolute atomic E-state index is 0.198. The summed E-state index contributed by atoms with van der Waals surface area (Å²) in [4.78, 5) is 0. The van der Waals surface area contributed by atoms with Crippen LogP contribution in [-0.4, -0.2) is 50.3 Å². The third-order valence-electron chi connectivity index (χ3n) is 3.35.